The number of hydrogen-bond donors (Lipinski definition) is 2. The Morgan fingerprint density at radius 3 is 2.60 bits per heavy atom. The van der Waals surface area contributed by atoms with Crippen molar-refractivity contribution in [3.63, 3.8) is 0 Å². The molecule has 0 aliphatic carbocycles. The van der Waals surface area contributed by atoms with Gasteiger partial charge >= 0.3 is 5.97 Å². The first kappa shape index (κ1) is 16.1. The third-order valence-electron chi connectivity index (χ3n) is 2.30. The van der Waals surface area contributed by atoms with Crippen molar-refractivity contribution in [3.05, 3.63) is 29.6 Å². The molecule has 0 aliphatic rings. The van der Waals surface area contributed by atoms with Crippen LogP contribution in [0, 0.1) is 5.82 Å². The van der Waals surface area contributed by atoms with Crippen LogP contribution >= 0.6 is 0 Å². The fourth-order valence-electron chi connectivity index (χ4n) is 1.36. The van der Waals surface area contributed by atoms with Gasteiger partial charge in [0.25, 0.3) is 0 Å². The van der Waals surface area contributed by atoms with Gasteiger partial charge < -0.3 is 19.9 Å². The number of rotatable bonds is 8. The molecule has 0 fully saturated rings. The number of amides is 1. The lowest BCUT2D eigenvalue weighted by atomic mass is 10.2. The summed E-state index contributed by atoms with van der Waals surface area (Å²) < 4.78 is 23.6. The Kier molecular flexibility index (Phi) is 6.61. The van der Waals surface area contributed by atoms with Crippen molar-refractivity contribution in [1.82, 2.24) is 0 Å². The van der Waals surface area contributed by atoms with Crippen molar-refractivity contribution in [2.45, 2.75) is 6.92 Å². The average molecular weight is 285 g/mol. The first-order chi connectivity index (χ1) is 9.54. The monoisotopic (exact) mass is 285 g/mol. The van der Waals surface area contributed by atoms with Crippen LogP contribution in [0.2, 0.25) is 0 Å². The zero-order valence-electron chi connectivity index (χ0n) is 11.0. The molecule has 0 saturated carbocycles. The summed E-state index contributed by atoms with van der Waals surface area (Å²) in [5.74, 6) is -2.57. The number of hydrogen-bond acceptors (Lipinski definition) is 4. The largest absolute Gasteiger partial charge is 0.478 e. The van der Waals surface area contributed by atoms with Crippen LogP contribution in [-0.2, 0) is 14.3 Å². The second kappa shape index (κ2) is 8.23. The minimum absolute atomic E-state index is 0.0894. The smallest absolute Gasteiger partial charge is 0.335 e. The molecule has 0 spiro atoms. The van der Waals surface area contributed by atoms with Crippen LogP contribution in [0.4, 0.5) is 10.1 Å². The van der Waals surface area contributed by atoms with Gasteiger partial charge in [-0.2, -0.15) is 0 Å². The van der Waals surface area contributed by atoms with Gasteiger partial charge in [-0.25, -0.2) is 9.18 Å². The lowest BCUT2D eigenvalue weighted by molar-refractivity contribution is -0.121. The van der Waals surface area contributed by atoms with E-state index in [4.69, 9.17) is 14.6 Å². The Morgan fingerprint density at radius 2 is 2.00 bits per heavy atom. The standard InChI is InChI=1S/C13H16FNO5/c1-2-19-5-6-20-8-12(16)15-11-4-3-9(13(17)18)7-10(11)14/h3-4,7H,2,5-6,8H2,1H3,(H,15,16)(H,17,18). The van der Waals surface area contributed by atoms with Crippen LogP contribution in [-0.4, -0.2) is 43.4 Å². The number of carboxylic acid groups (broad SMARTS) is 1. The van der Waals surface area contributed by atoms with Gasteiger partial charge in [0.05, 0.1) is 24.5 Å². The molecule has 0 radical (unpaired) electrons. The zero-order valence-corrected chi connectivity index (χ0v) is 11.0. The highest BCUT2D eigenvalue weighted by molar-refractivity contribution is 5.93. The summed E-state index contributed by atoms with van der Waals surface area (Å²) in [7, 11) is 0. The highest BCUT2D eigenvalue weighted by Gasteiger charge is 2.10. The third kappa shape index (κ3) is 5.33. The first-order valence-electron chi connectivity index (χ1n) is 6.02. The van der Waals surface area contributed by atoms with E-state index in [0.29, 0.717) is 13.2 Å². The maximum atomic E-state index is 13.5. The van der Waals surface area contributed by atoms with E-state index in [2.05, 4.69) is 5.32 Å². The van der Waals surface area contributed by atoms with Gasteiger partial charge in [0, 0.05) is 6.61 Å². The molecule has 1 aromatic rings. The first-order valence-corrected chi connectivity index (χ1v) is 6.02. The molecule has 1 amide bonds. The minimum atomic E-state index is -1.24. The Labute approximate surface area is 115 Å². The molecule has 0 heterocycles. The summed E-state index contributed by atoms with van der Waals surface area (Å²) in [6, 6.07) is 3.24. The quantitative estimate of drug-likeness (QED) is 0.707. The molecular formula is C13H16FNO5. The molecule has 0 aromatic heterocycles. The summed E-state index contributed by atoms with van der Waals surface area (Å²) in [4.78, 5) is 22.1. The van der Waals surface area contributed by atoms with E-state index in [1.807, 2.05) is 6.92 Å². The Bertz CT molecular complexity index is 478. The molecule has 20 heavy (non-hydrogen) atoms. The maximum absolute atomic E-state index is 13.5. The molecule has 0 aliphatic heterocycles. The number of nitrogens with one attached hydrogen (secondary N) is 1. The number of anilines is 1. The van der Waals surface area contributed by atoms with Gasteiger partial charge in [-0.1, -0.05) is 0 Å². The number of halogens is 1. The van der Waals surface area contributed by atoms with Gasteiger partial charge in [0.2, 0.25) is 5.91 Å². The minimum Gasteiger partial charge on any atom is -0.478 e. The zero-order chi connectivity index (χ0) is 15.0. The predicted molar refractivity (Wildman–Crippen MR) is 69.3 cm³/mol. The lowest BCUT2D eigenvalue weighted by Gasteiger charge is -2.08. The normalized spacial score (nSPS) is 10.3. The van der Waals surface area contributed by atoms with Crippen LogP contribution in [0.1, 0.15) is 17.3 Å². The molecule has 0 atom stereocenters. The molecule has 0 unspecified atom stereocenters. The number of carbonyl (C=O) groups excluding carboxylic acids is 1. The molecule has 1 rings (SSSR count). The van der Waals surface area contributed by atoms with Crippen LogP contribution in [0.5, 0.6) is 0 Å². The second-order valence-electron chi connectivity index (χ2n) is 3.80. The molecule has 6 nitrogen and oxygen atoms in total. The Balaban J connectivity index is 2.44. The lowest BCUT2D eigenvalue weighted by Crippen LogP contribution is -2.20. The van der Waals surface area contributed by atoms with Gasteiger partial charge in [0.15, 0.2) is 0 Å². The highest BCUT2D eigenvalue weighted by atomic mass is 19.1. The highest BCUT2D eigenvalue weighted by Crippen LogP contribution is 2.15. The van der Waals surface area contributed by atoms with E-state index < -0.39 is 17.7 Å². The summed E-state index contributed by atoms with van der Waals surface area (Å²) in [6.07, 6.45) is 0. The second-order valence-corrected chi connectivity index (χ2v) is 3.80. The van der Waals surface area contributed by atoms with Gasteiger partial charge in [-0.3, -0.25) is 4.79 Å². The van der Waals surface area contributed by atoms with Crippen molar-refractivity contribution in [1.29, 1.82) is 0 Å². The summed E-state index contributed by atoms with van der Waals surface area (Å²) in [5.41, 5.74) is -0.276. The van der Waals surface area contributed by atoms with E-state index in [1.54, 1.807) is 0 Å². The molecule has 1 aromatic carbocycles. The van der Waals surface area contributed by atoms with E-state index in [1.165, 1.54) is 12.1 Å². The van der Waals surface area contributed by atoms with Crippen LogP contribution in [0.15, 0.2) is 18.2 Å². The Morgan fingerprint density at radius 1 is 1.30 bits per heavy atom. The number of carboxylic acids is 1. The van der Waals surface area contributed by atoms with Gasteiger partial charge in [-0.05, 0) is 25.1 Å². The molecular weight excluding hydrogens is 269 g/mol. The van der Waals surface area contributed by atoms with E-state index >= 15 is 0 Å². The molecule has 7 heteroatoms. The van der Waals surface area contributed by atoms with E-state index in [0.717, 1.165) is 6.07 Å². The number of ether oxygens (including phenoxy) is 2. The third-order valence-corrected chi connectivity index (χ3v) is 2.30. The summed E-state index contributed by atoms with van der Waals surface area (Å²) in [6.45, 7) is 2.83. The maximum Gasteiger partial charge on any atom is 0.335 e. The van der Waals surface area contributed by atoms with E-state index in [-0.39, 0.29) is 24.5 Å². The molecule has 0 bridgehead atoms. The predicted octanol–water partition coefficient (Wildman–Crippen LogP) is 1.52. The fraction of sp³-hybridized carbons (Fsp3) is 0.385. The topological polar surface area (TPSA) is 84.9 Å². The SMILES string of the molecule is CCOCCOCC(=O)Nc1ccc(C(=O)O)cc1F. The average Bonchev–Trinajstić information content (AvgIpc) is 2.40. The van der Waals surface area contributed by atoms with Crippen LogP contribution in [0.25, 0.3) is 0 Å². The summed E-state index contributed by atoms with van der Waals surface area (Å²) >= 11 is 0. The number of carbonyl (C=O) groups is 2. The van der Waals surface area contributed by atoms with Crippen LogP contribution in [0.3, 0.4) is 0 Å². The number of aromatic carboxylic acids is 1. The molecule has 110 valence electrons. The van der Waals surface area contributed by atoms with E-state index in [9.17, 15) is 14.0 Å². The summed E-state index contributed by atoms with van der Waals surface area (Å²) in [5, 5.41) is 11.0. The van der Waals surface area contributed by atoms with Crippen molar-refractivity contribution in [2.75, 3.05) is 31.7 Å². The van der Waals surface area contributed by atoms with Crippen molar-refractivity contribution in [2.24, 2.45) is 0 Å². The van der Waals surface area contributed by atoms with Crippen molar-refractivity contribution < 1.29 is 28.6 Å². The van der Waals surface area contributed by atoms with Crippen molar-refractivity contribution in [3.8, 4) is 0 Å². The van der Waals surface area contributed by atoms with Crippen LogP contribution < -0.4 is 5.32 Å². The number of benzene rings is 1. The molecule has 2 N–H and O–H groups in total. The van der Waals surface area contributed by atoms with Gasteiger partial charge in [0.1, 0.15) is 12.4 Å². The molecule has 0 saturated heterocycles. The Hall–Kier alpha value is -1.99. The fourth-order valence-corrected chi connectivity index (χ4v) is 1.36. The van der Waals surface area contributed by atoms with Crippen molar-refractivity contribution >= 4 is 17.6 Å². The van der Waals surface area contributed by atoms with Gasteiger partial charge in [-0.15, -0.1) is 0 Å².